The molecule has 1 atom stereocenters. The van der Waals surface area contributed by atoms with Gasteiger partial charge in [-0.2, -0.15) is 0 Å². The molecule has 0 saturated heterocycles. The van der Waals surface area contributed by atoms with Gasteiger partial charge in [-0.3, -0.25) is 4.57 Å². The van der Waals surface area contributed by atoms with Crippen molar-refractivity contribution in [1.82, 2.24) is 19.5 Å². The van der Waals surface area contributed by atoms with Gasteiger partial charge in [0.1, 0.15) is 17.2 Å². The lowest BCUT2D eigenvalue weighted by molar-refractivity contribution is 0.228. The highest BCUT2D eigenvalue weighted by atomic mass is 19.1. The van der Waals surface area contributed by atoms with Crippen LogP contribution in [0.4, 0.5) is 16.0 Å². The number of nitrogens with zero attached hydrogens (tertiary/aromatic N) is 4. The molecule has 2 heterocycles. The summed E-state index contributed by atoms with van der Waals surface area (Å²) in [7, 11) is 0. The van der Waals surface area contributed by atoms with E-state index < -0.39 is 0 Å². The van der Waals surface area contributed by atoms with E-state index in [4.69, 9.17) is 4.98 Å². The van der Waals surface area contributed by atoms with Gasteiger partial charge in [0.05, 0.1) is 24.5 Å². The number of aliphatic hydroxyl groups is 1. The quantitative estimate of drug-likeness (QED) is 0.600. The Balaban J connectivity index is 1.72. The SMILES string of the molecule is CC[C@@H](CO)n1c(Nc2ccccc2F)nc2cnc(CC3CCCCC3)nc21. The van der Waals surface area contributed by atoms with Gasteiger partial charge in [-0.25, -0.2) is 19.3 Å². The van der Waals surface area contributed by atoms with Crippen molar-refractivity contribution in [2.75, 3.05) is 11.9 Å². The van der Waals surface area contributed by atoms with Crippen LogP contribution in [0.1, 0.15) is 57.3 Å². The number of anilines is 2. The molecule has 0 radical (unpaired) electrons. The van der Waals surface area contributed by atoms with Crippen LogP contribution in [0.3, 0.4) is 0 Å². The Kier molecular flexibility index (Phi) is 6.04. The first-order valence-electron chi connectivity index (χ1n) is 10.6. The third-order valence-corrected chi connectivity index (χ3v) is 5.85. The van der Waals surface area contributed by atoms with Crippen molar-refractivity contribution in [3.63, 3.8) is 0 Å². The second-order valence-corrected chi connectivity index (χ2v) is 7.86. The molecule has 0 bridgehead atoms. The number of benzene rings is 1. The van der Waals surface area contributed by atoms with Gasteiger partial charge in [0.15, 0.2) is 5.65 Å². The van der Waals surface area contributed by atoms with E-state index in [2.05, 4.69) is 15.3 Å². The normalized spacial score (nSPS) is 16.2. The van der Waals surface area contributed by atoms with Gasteiger partial charge in [-0.15, -0.1) is 0 Å². The Morgan fingerprint density at radius 3 is 2.72 bits per heavy atom. The summed E-state index contributed by atoms with van der Waals surface area (Å²) in [5.74, 6) is 1.56. The van der Waals surface area contributed by atoms with Gasteiger partial charge in [0.25, 0.3) is 0 Å². The zero-order chi connectivity index (χ0) is 20.2. The number of para-hydroxylation sites is 1. The van der Waals surface area contributed by atoms with E-state index in [1.165, 1.54) is 38.2 Å². The number of rotatable bonds is 7. The van der Waals surface area contributed by atoms with Crippen LogP contribution >= 0.6 is 0 Å². The van der Waals surface area contributed by atoms with Crippen molar-refractivity contribution < 1.29 is 9.50 Å². The molecule has 154 valence electrons. The maximum Gasteiger partial charge on any atom is 0.210 e. The Morgan fingerprint density at radius 1 is 1.21 bits per heavy atom. The smallest absolute Gasteiger partial charge is 0.210 e. The third-order valence-electron chi connectivity index (χ3n) is 5.85. The Labute approximate surface area is 170 Å². The first-order valence-corrected chi connectivity index (χ1v) is 10.6. The predicted molar refractivity (Wildman–Crippen MR) is 112 cm³/mol. The predicted octanol–water partition coefficient (Wildman–Crippen LogP) is 4.78. The fourth-order valence-corrected chi connectivity index (χ4v) is 4.18. The zero-order valence-electron chi connectivity index (χ0n) is 16.8. The van der Waals surface area contributed by atoms with Gasteiger partial charge in [-0.05, 0) is 24.5 Å². The minimum atomic E-state index is -0.354. The van der Waals surface area contributed by atoms with Gasteiger partial charge in [0, 0.05) is 6.42 Å². The van der Waals surface area contributed by atoms with Crippen molar-refractivity contribution in [1.29, 1.82) is 0 Å². The summed E-state index contributed by atoms with van der Waals surface area (Å²) in [5.41, 5.74) is 1.67. The van der Waals surface area contributed by atoms with E-state index >= 15 is 0 Å². The minimum absolute atomic E-state index is 0.0458. The van der Waals surface area contributed by atoms with Gasteiger partial charge in [0.2, 0.25) is 5.95 Å². The lowest BCUT2D eigenvalue weighted by Crippen LogP contribution is -2.16. The van der Waals surface area contributed by atoms with Crippen molar-refractivity contribution >= 4 is 22.8 Å². The summed E-state index contributed by atoms with van der Waals surface area (Å²) in [6, 6.07) is 6.28. The van der Waals surface area contributed by atoms with Crippen LogP contribution in [-0.2, 0) is 6.42 Å². The summed E-state index contributed by atoms with van der Waals surface area (Å²) in [4.78, 5) is 14.0. The molecular formula is C22H28FN5O. The molecule has 0 unspecified atom stereocenters. The van der Waals surface area contributed by atoms with E-state index in [9.17, 15) is 9.50 Å². The molecule has 1 aliphatic carbocycles. The lowest BCUT2D eigenvalue weighted by atomic mass is 9.87. The average Bonchev–Trinajstić information content (AvgIpc) is 3.09. The second kappa shape index (κ2) is 8.86. The summed E-state index contributed by atoms with van der Waals surface area (Å²) in [6.45, 7) is 1.96. The maximum atomic E-state index is 14.2. The topological polar surface area (TPSA) is 75.9 Å². The first kappa shape index (κ1) is 19.8. The molecule has 1 aliphatic rings. The minimum Gasteiger partial charge on any atom is -0.394 e. The molecule has 29 heavy (non-hydrogen) atoms. The largest absolute Gasteiger partial charge is 0.394 e. The molecule has 3 aromatic rings. The molecule has 0 aliphatic heterocycles. The highest BCUT2D eigenvalue weighted by Gasteiger charge is 2.22. The van der Waals surface area contributed by atoms with E-state index in [0.717, 1.165) is 12.2 Å². The van der Waals surface area contributed by atoms with Gasteiger partial charge < -0.3 is 10.4 Å². The van der Waals surface area contributed by atoms with Gasteiger partial charge >= 0.3 is 0 Å². The number of hydrogen-bond donors (Lipinski definition) is 2. The van der Waals surface area contributed by atoms with E-state index in [1.807, 2.05) is 11.5 Å². The van der Waals surface area contributed by atoms with Crippen LogP contribution in [0.15, 0.2) is 30.5 Å². The standard InChI is InChI=1S/C22H28FN5O/c1-2-16(14-29)28-21-19(26-22(28)25-18-11-7-6-10-17(18)23)13-24-20(27-21)12-15-8-4-3-5-9-15/h6-7,10-11,13,15-16,29H,2-5,8-9,12,14H2,1H3,(H,25,26)/t16-/m0/s1. The molecule has 0 amide bonds. The van der Waals surface area contributed by atoms with Crippen LogP contribution in [-0.4, -0.2) is 31.2 Å². The van der Waals surface area contributed by atoms with Crippen molar-refractivity contribution in [2.45, 2.75) is 57.9 Å². The first-order chi connectivity index (χ1) is 14.2. The molecule has 4 rings (SSSR count). The second-order valence-electron chi connectivity index (χ2n) is 7.86. The molecular weight excluding hydrogens is 369 g/mol. The fraction of sp³-hybridized carbons (Fsp3) is 0.500. The molecule has 2 aromatic heterocycles. The molecule has 6 nitrogen and oxygen atoms in total. The number of nitrogens with one attached hydrogen (secondary N) is 1. The van der Waals surface area contributed by atoms with Crippen molar-refractivity contribution in [2.24, 2.45) is 5.92 Å². The van der Waals surface area contributed by atoms with E-state index in [0.29, 0.717) is 35.1 Å². The molecule has 0 spiro atoms. The summed E-state index contributed by atoms with van der Waals surface area (Å²) < 4.78 is 16.1. The Bertz CT molecular complexity index is 963. The van der Waals surface area contributed by atoms with Crippen LogP contribution in [0.5, 0.6) is 0 Å². The van der Waals surface area contributed by atoms with E-state index in [-0.39, 0.29) is 18.5 Å². The van der Waals surface area contributed by atoms with E-state index in [1.54, 1.807) is 24.4 Å². The highest BCUT2D eigenvalue weighted by Crippen LogP contribution is 2.29. The number of aromatic nitrogens is 4. The number of fused-ring (bicyclic) bond motifs is 1. The monoisotopic (exact) mass is 397 g/mol. The fourth-order valence-electron chi connectivity index (χ4n) is 4.18. The van der Waals surface area contributed by atoms with Crippen molar-refractivity contribution in [3.8, 4) is 0 Å². The van der Waals surface area contributed by atoms with Crippen LogP contribution < -0.4 is 5.32 Å². The zero-order valence-corrected chi connectivity index (χ0v) is 16.8. The summed E-state index contributed by atoms with van der Waals surface area (Å²) in [6.07, 6.45) is 9.66. The van der Waals surface area contributed by atoms with Crippen molar-refractivity contribution in [3.05, 3.63) is 42.1 Å². The maximum absolute atomic E-state index is 14.2. The van der Waals surface area contributed by atoms with Crippen LogP contribution in [0, 0.1) is 11.7 Å². The molecule has 1 aromatic carbocycles. The van der Waals surface area contributed by atoms with Crippen LogP contribution in [0.25, 0.3) is 11.2 Å². The van der Waals surface area contributed by atoms with Crippen LogP contribution in [0.2, 0.25) is 0 Å². The molecule has 1 fully saturated rings. The summed E-state index contributed by atoms with van der Waals surface area (Å²) in [5, 5.41) is 13.0. The molecule has 1 saturated carbocycles. The number of imidazole rings is 1. The van der Waals surface area contributed by atoms with Gasteiger partial charge in [-0.1, -0.05) is 51.2 Å². The Morgan fingerprint density at radius 2 is 2.00 bits per heavy atom. The lowest BCUT2D eigenvalue weighted by Gasteiger charge is -2.21. The number of aliphatic hydroxyl groups excluding tert-OH is 1. The molecule has 2 N–H and O–H groups in total. The number of halogens is 1. The average molecular weight is 397 g/mol. The number of hydrogen-bond acceptors (Lipinski definition) is 5. The summed E-state index contributed by atoms with van der Waals surface area (Å²) >= 11 is 0. The third kappa shape index (κ3) is 4.24. The Hall–Kier alpha value is -2.54. The molecule has 7 heteroatoms. The highest BCUT2D eigenvalue weighted by molar-refractivity contribution is 5.75.